The molecular formula is C14H20Cl2N2O. The zero-order valence-electron chi connectivity index (χ0n) is 10.9. The quantitative estimate of drug-likeness (QED) is 0.848. The molecule has 3 nitrogen and oxygen atoms in total. The van der Waals surface area contributed by atoms with E-state index in [4.69, 9.17) is 11.6 Å². The normalized spacial score (nSPS) is 15.0. The maximum Gasteiger partial charge on any atom is 0.235 e. The van der Waals surface area contributed by atoms with Crippen LogP contribution >= 0.6 is 24.0 Å². The first-order valence-corrected chi connectivity index (χ1v) is 6.94. The van der Waals surface area contributed by atoms with Gasteiger partial charge in [-0.2, -0.15) is 0 Å². The van der Waals surface area contributed by atoms with Crippen LogP contribution in [0.2, 0.25) is 0 Å². The number of alkyl halides is 1. The Kier molecular flexibility index (Phi) is 7.21. The van der Waals surface area contributed by atoms with E-state index in [-0.39, 0.29) is 24.2 Å². The zero-order valence-corrected chi connectivity index (χ0v) is 12.5. The van der Waals surface area contributed by atoms with Gasteiger partial charge in [-0.25, -0.2) is 0 Å². The average Bonchev–Trinajstić information content (AvgIpc) is 2.90. The summed E-state index contributed by atoms with van der Waals surface area (Å²) in [5, 5.41) is 2.76. The SMILES string of the molecule is Cl.O=C(CCl)NCc1ccc(CN2CCCC2)cc1. The molecule has 0 spiro atoms. The third-order valence-electron chi connectivity index (χ3n) is 3.24. The monoisotopic (exact) mass is 302 g/mol. The summed E-state index contributed by atoms with van der Waals surface area (Å²) >= 11 is 5.42. The number of benzene rings is 1. The minimum atomic E-state index is -0.127. The van der Waals surface area contributed by atoms with E-state index in [1.54, 1.807) is 0 Å². The van der Waals surface area contributed by atoms with Gasteiger partial charge >= 0.3 is 0 Å². The first kappa shape index (κ1) is 16.3. The van der Waals surface area contributed by atoms with Crippen molar-refractivity contribution in [3.63, 3.8) is 0 Å². The standard InChI is InChI=1S/C14H19ClN2O.ClH/c15-9-14(18)16-10-12-3-5-13(6-4-12)11-17-7-1-2-8-17;/h3-6H,1-2,7-11H2,(H,16,18);1H. The summed E-state index contributed by atoms with van der Waals surface area (Å²) < 4.78 is 0. The Labute approximate surface area is 125 Å². The largest absolute Gasteiger partial charge is 0.351 e. The van der Waals surface area contributed by atoms with Crippen LogP contribution in [-0.2, 0) is 17.9 Å². The Morgan fingerprint density at radius 1 is 1.16 bits per heavy atom. The van der Waals surface area contributed by atoms with Gasteiger partial charge in [0.15, 0.2) is 0 Å². The molecule has 1 aromatic rings. The Bertz CT molecular complexity index is 389. The minimum Gasteiger partial charge on any atom is -0.351 e. The molecule has 0 aliphatic carbocycles. The molecule has 1 aliphatic heterocycles. The van der Waals surface area contributed by atoms with Crippen molar-refractivity contribution in [2.24, 2.45) is 0 Å². The second-order valence-corrected chi connectivity index (χ2v) is 4.98. The average molecular weight is 303 g/mol. The number of nitrogens with zero attached hydrogens (tertiary/aromatic N) is 1. The number of hydrogen-bond donors (Lipinski definition) is 1. The molecule has 2 rings (SSSR count). The molecule has 1 amide bonds. The number of likely N-dealkylation sites (tertiary alicyclic amines) is 1. The third kappa shape index (κ3) is 5.39. The van der Waals surface area contributed by atoms with E-state index >= 15 is 0 Å². The van der Waals surface area contributed by atoms with Crippen molar-refractivity contribution >= 4 is 29.9 Å². The summed E-state index contributed by atoms with van der Waals surface area (Å²) in [6, 6.07) is 8.42. The highest BCUT2D eigenvalue weighted by molar-refractivity contribution is 6.27. The predicted octanol–water partition coefficient (Wildman–Crippen LogP) is 2.56. The second-order valence-electron chi connectivity index (χ2n) is 4.71. The van der Waals surface area contributed by atoms with E-state index in [9.17, 15) is 4.79 Å². The van der Waals surface area contributed by atoms with Gasteiger partial charge in [-0.15, -0.1) is 24.0 Å². The van der Waals surface area contributed by atoms with E-state index in [0.29, 0.717) is 6.54 Å². The molecule has 1 heterocycles. The number of hydrogen-bond acceptors (Lipinski definition) is 2. The van der Waals surface area contributed by atoms with E-state index < -0.39 is 0 Å². The highest BCUT2D eigenvalue weighted by Crippen LogP contribution is 2.13. The van der Waals surface area contributed by atoms with Crippen molar-refractivity contribution in [3.8, 4) is 0 Å². The number of amides is 1. The van der Waals surface area contributed by atoms with Crippen LogP contribution in [0, 0.1) is 0 Å². The summed E-state index contributed by atoms with van der Waals surface area (Å²) in [5.74, 6) is -0.106. The number of carbonyl (C=O) groups is 1. The van der Waals surface area contributed by atoms with Gasteiger partial charge in [-0.3, -0.25) is 9.69 Å². The molecule has 1 saturated heterocycles. The molecule has 0 radical (unpaired) electrons. The van der Waals surface area contributed by atoms with Crippen LogP contribution in [0.4, 0.5) is 0 Å². The Morgan fingerprint density at radius 2 is 1.74 bits per heavy atom. The lowest BCUT2D eigenvalue weighted by Gasteiger charge is -2.14. The molecule has 1 N–H and O–H groups in total. The number of nitrogens with one attached hydrogen (secondary N) is 1. The molecule has 1 fully saturated rings. The van der Waals surface area contributed by atoms with Gasteiger partial charge < -0.3 is 5.32 Å². The Hall–Kier alpha value is -0.770. The second kappa shape index (κ2) is 8.41. The molecule has 5 heteroatoms. The van der Waals surface area contributed by atoms with Gasteiger partial charge in [0.1, 0.15) is 5.88 Å². The van der Waals surface area contributed by atoms with Gasteiger partial charge in [0.2, 0.25) is 5.91 Å². The first-order chi connectivity index (χ1) is 8.78. The van der Waals surface area contributed by atoms with Gasteiger partial charge in [-0.05, 0) is 37.1 Å². The van der Waals surface area contributed by atoms with Crippen LogP contribution in [0.5, 0.6) is 0 Å². The van der Waals surface area contributed by atoms with Gasteiger partial charge in [0, 0.05) is 13.1 Å². The van der Waals surface area contributed by atoms with Crippen molar-refractivity contribution in [1.82, 2.24) is 10.2 Å². The van der Waals surface area contributed by atoms with Crippen LogP contribution in [-0.4, -0.2) is 29.8 Å². The van der Waals surface area contributed by atoms with E-state index in [0.717, 1.165) is 12.1 Å². The summed E-state index contributed by atoms with van der Waals surface area (Å²) in [6.07, 6.45) is 2.64. The molecule has 19 heavy (non-hydrogen) atoms. The van der Waals surface area contributed by atoms with E-state index in [2.05, 4.69) is 34.5 Å². The molecule has 1 aromatic carbocycles. The molecule has 1 aliphatic rings. The third-order valence-corrected chi connectivity index (χ3v) is 3.48. The fraction of sp³-hybridized carbons (Fsp3) is 0.500. The number of carbonyl (C=O) groups excluding carboxylic acids is 1. The topological polar surface area (TPSA) is 32.3 Å². The summed E-state index contributed by atoms with van der Waals surface area (Å²) in [7, 11) is 0. The summed E-state index contributed by atoms with van der Waals surface area (Å²) in [4.78, 5) is 13.5. The highest BCUT2D eigenvalue weighted by atomic mass is 35.5. The molecule has 0 bridgehead atoms. The summed E-state index contributed by atoms with van der Waals surface area (Å²) in [6.45, 7) is 4.02. The van der Waals surface area contributed by atoms with Crippen molar-refractivity contribution in [2.45, 2.75) is 25.9 Å². The highest BCUT2D eigenvalue weighted by Gasteiger charge is 2.11. The predicted molar refractivity (Wildman–Crippen MR) is 80.8 cm³/mol. The fourth-order valence-corrected chi connectivity index (χ4v) is 2.30. The zero-order chi connectivity index (χ0) is 12.8. The number of rotatable bonds is 5. The Balaban J connectivity index is 0.00000180. The maximum atomic E-state index is 11.0. The summed E-state index contributed by atoms with van der Waals surface area (Å²) in [5.41, 5.74) is 2.45. The van der Waals surface area contributed by atoms with Gasteiger partial charge in [0.25, 0.3) is 0 Å². The molecule has 0 atom stereocenters. The maximum absolute atomic E-state index is 11.0. The van der Waals surface area contributed by atoms with E-state index in [1.807, 2.05) is 0 Å². The number of halogens is 2. The smallest absolute Gasteiger partial charge is 0.235 e. The lowest BCUT2D eigenvalue weighted by molar-refractivity contribution is -0.118. The molecule has 106 valence electrons. The molecule has 0 unspecified atom stereocenters. The van der Waals surface area contributed by atoms with Crippen molar-refractivity contribution in [2.75, 3.05) is 19.0 Å². The Morgan fingerprint density at radius 3 is 2.32 bits per heavy atom. The van der Waals surface area contributed by atoms with Gasteiger partial charge in [-0.1, -0.05) is 24.3 Å². The van der Waals surface area contributed by atoms with Crippen LogP contribution in [0.1, 0.15) is 24.0 Å². The molecule has 0 saturated carbocycles. The van der Waals surface area contributed by atoms with Crippen LogP contribution in [0.15, 0.2) is 24.3 Å². The minimum absolute atomic E-state index is 0. The molecular weight excluding hydrogens is 283 g/mol. The lowest BCUT2D eigenvalue weighted by atomic mass is 10.1. The van der Waals surface area contributed by atoms with Crippen molar-refractivity contribution < 1.29 is 4.79 Å². The molecule has 0 aromatic heterocycles. The van der Waals surface area contributed by atoms with E-state index in [1.165, 1.54) is 31.5 Å². The van der Waals surface area contributed by atoms with Crippen LogP contribution < -0.4 is 5.32 Å². The van der Waals surface area contributed by atoms with Crippen LogP contribution in [0.25, 0.3) is 0 Å². The first-order valence-electron chi connectivity index (χ1n) is 6.41. The van der Waals surface area contributed by atoms with Crippen molar-refractivity contribution in [1.29, 1.82) is 0 Å². The fourth-order valence-electron chi connectivity index (χ4n) is 2.21. The van der Waals surface area contributed by atoms with Crippen LogP contribution in [0.3, 0.4) is 0 Å². The van der Waals surface area contributed by atoms with Crippen molar-refractivity contribution in [3.05, 3.63) is 35.4 Å². The lowest BCUT2D eigenvalue weighted by Crippen LogP contribution is -2.23. The van der Waals surface area contributed by atoms with Gasteiger partial charge in [0.05, 0.1) is 0 Å².